The number of benzene rings is 1. The van der Waals surface area contributed by atoms with Crippen LogP contribution >= 0.6 is 0 Å². The Bertz CT molecular complexity index is 1480. The lowest BCUT2D eigenvalue weighted by Gasteiger charge is -2.19. The Morgan fingerprint density at radius 2 is 1.68 bits per heavy atom. The van der Waals surface area contributed by atoms with E-state index < -0.39 is 36.4 Å². The molecule has 0 fully saturated rings. The third-order valence-corrected chi connectivity index (χ3v) is 7.59. The number of aromatic nitrogens is 1. The quantitative estimate of drug-likeness (QED) is 0.183. The van der Waals surface area contributed by atoms with Crippen LogP contribution in [0.3, 0.4) is 0 Å². The Labute approximate surface area is 252 Å². The number of hydrogen-bond acceptors (Lipinski definition) is 7. The molecule has 2 aromatic rings. The number of aromatic amines is 1. The highest BCUT2D eigenvalue weighted by Gasteiger charge is 2.41. The molecule has 14 heteroatoms. The molecule has 0 atom stereocenters. The second kappa shape index (κ2) is 14.3. The smallest absolute Gasteiger partial charge is 0.336 e. The van der Waals surface area contributed by atoms with Crippen molar-refractivity contribution in [3.63, 3.8) is 0 Å². The molecule has 0 bridgehead atoms. The van der Waals surface area contributed by atoms with Crippen LogP contribution < -0.4 is 10.6 Å². The van der Waals surface area contributed by atoms with Gasteiger partial charge in [0, 0.05) is 35.7 Å². The van der Waals surface area contributed by atoms with E-state index >= 15 is 0 Å². The number of anilines is 1. The number of carbonyl (C=O) groups is 5. The standard InChI is InChI=1S/C24H29FN4O2.C6H8O7/c1-4-29(5-2)12-11-26-23(30)20-14(3)27-22-16(20)7-6-8-17(22)21-18-13-15(25)9-10-19(18)28-24(21)31;7-3(8)1-6(13,5(11)12)2-4(9)10/h9-10,13,27H,4-8,11-12H2,1-3H3,(H,26,30)(H,28,31);13H,1-2H2,(H,7,8)(H,9,10)(H,11,12)/b21-17-;. The number of carboxylic acids is 3. The average Bonchev–Trinajstić information content (AvgIpc) is 3.45. The number of hydrogen-bond donors (Lipinski definition) is 7. The number of halogens is 1. The van der Waals surface area contributed by atoms with E-state index in [1.54, 1.807) is 6.07 Å². The van der Waals surface area contributed by atoms with E-state index in [1.165, 1.54) is 12.1 Å². The van der Waals surface area contributed by atoms with Crippen molar-refractivity contribution in [1.29, 1.82) is 0 Å². The number of fused-ring (bicyclic) bond motifs is 2. The van der Waals surface area contributed by atoms with Gasteiger partial charge in [-0.05, 0) is 68.6 Å². The fraction of sp³-hybridized carbons (Fsp3) is 0.433. The van der Waals surface area contributed by atoms with Crippen molar-refractivity contribution in [1.82, 2.24) is 15.2 Å². The second-order valence-corrected chi connectivity index (χ2v) is 10.6. The third-order valence-electron chi connectivity index (χ3n) is 7.59. The molecule has 0 radical (unpaired) electrons. The molecule has 2 aliphatic rings. The van der Waals surface area contributed by atoms with Gasteiger partial charge in [-0.2, -0.15) is 0 Å². The molecule has 2 amide bonds. The molecule has 1 aromatic heterocycles. The third kappa shape index (κ3) is 7.68. The van der Waals surface area contributed by atoms with E-state index in [-0.39, 0.29) is 17.6 Å². The molecule has 44 heavy (non-hydrogen) atoms. The van der Waals surface area contributed by atoms with Gasteiger partial charge in [-0.3, -0.25) is 19.2 Å². The van der Waals surface area contributed by atoms with Crippen molar-refractivity contribution < 1.29 is 48.8 Å². The fourth-order valence-electron chi connectivity index (χ4n) is 5.42. The lowest BCUT2D eigenvalue weighted by atomic mass is 9.86. The van der Waals surface area contributed by atoms with Gasteiger partial charge in [0.05, 0.1) is 24.0 Å². The number of rotatable bonds is 11. The van der Waals surface area contributed by atoms with Crippen LogP contribution in [0.25, 0.3) is 11.1 Å². The first-order chi connectivity index (χ1) is 20.7. The molecular weight excluding hydrogens is 579 g/mol. The Morgan fingerprint density at radius 3 is 2.25 bits per heavy atom. The minimum absolute atomic E-state index is 0.0873. The number of likely N-dealkylation sites (N-methyl/N-ethyl adjacent to an activating group) is 1. The maximum atomic E-state index is 13.9. The Hall–Kier alpha value is -4.56. The van der Waals surface area contributed by atoms with Gasteiger partial charge < -0.3 is 40.9 Å². The first kappa shape index (κ1) is 33.9. The van der Waals surface area contributed by atoms with Gasteiger partial charge >= 0.3 is 17.9 Å². The highest BCUT2D eigenvalue weighted by Crippen LogP contribution is 2.43. The molecule has 13 nitrogen and oxygen atoms in total. The van der Waals surface area contributed by atoms with Gasteiger partial charge in [0.2, 0.25) is 0 Å². The van der Waals surface area contributed by atoms with Crippen molar-refractivity contribution in [3.8, 4) is 0 Å². The molecule has 0 spiro atoms. The first-order valence-corrected chi connectivity index (χ1v) is 14.2. The molecular formula is C30H37FN4O9. The summed E-state index contributed by atoms with van der Waals surface area (Å²) in [4.78, 5) is 61.9. The molecule has 0 saturated carbocycles. The number of H-pyrrole nitrogens is 1. The summed E-state index contributed by atoms with van der Waals surface area (Å²) in [6, 6.07) is 4.34. The van der Waals surface area contributed by atoms with E-state index in [0.29, 0.717) is 35.4 Å². The highest BCUT2D eigenvalue weighted by molar-refractivity contribution is 6.37. The number of carbonyl (C=O) groups excluding carboxylic acids is 2. The van der Waals surface area contributed by atoms with Crippen LogP contribution in [0.4, 0.5) is 10.1 Å². The van der Waals surface area contributed by atoms with Crippen molar-refractivity contribution >= 4 is 46.6 Å². The summed E-state index contributed by atoms with van der Waals surface area (Å²) in [5, 5.41) is 39.7. The molecule has 1 aliphatic carbocycles. The Morgan fingerprint density at radius 1 is 1.05 bits per heavy atom. The van der Waals surface area contributed by atoms with Crippen LogP contribution in [-0.2, 0) is 25.6 Å². The van der Waals surface area contributed by atoms with Crippen LogP contribution in [0.2, 0.25) is 0 Å². The number of aliphatic carboxylic acids is 3. The summed E-state index contributed by atoms with van der Waals surface area (Å²) in [6.07, 6.45) is 0.0195. The predicted octanol–water partition coefficient (Wildman–Crippen LogP) is 2.48. The summed E-state index contributed by atoms with van der Waals surface area (Å²) in [6.45, 7) is 9.40. The van der Waals surface area contributed by atoms with Gasteiger partial charge in [-0.25, -0.2) is 9.18 Å². The van der Waals surface area contributed by atoms with E-state index in [4.69, 9.17) is 20.4 Å². The molecule has 0 unspecified atom stereocenters. The van der Waals surface area contributed by atoms with E-state index in [1.807, 2.05) is 6.92 Å². The number of amides is 2. The van der Waals surface area contributed by atoms with E-state index in [9.17, 15) is 28.4 Å². The van der Waals surface area contributed by atoms with Crippen molar-refractivity contribution in [2.24, 2.45) is 0 Å². The first-order valence-electron chi connectivity index (χ1n) is 14.2. The van der Waals surface area contributed by atoms with Gasteiger partial charge in [-0.15, -0.1) is 0 Å². The van der Waals surface area contributed by atoms with E-state index in [0.717, 1.165) is 55.0 Å². The predicted molar refractivity (Wildman–Crippen MR) is 158 cm³/mol. The molecule has 0 saturated heterocycles. The van der Waals surface area contributed by atoms with Gasteiger partial charge in [0.25, 0.3) is 11.8 Å². The van der Waals surface area contributed by atoms with Crippen molar-refractivity contribution in [2.75, 3.05) is 31.5 Å². The van der Waals surface area contributed by atoms with Crippen molar-refractivity contribution in [2.45, 2.75) is 58.5 Å². The Balaban J connectivity index is 0.000000345. The molecule has 2 heterocycles. The number of carboxylic acid groups (broad SMARTS) is 3. The van der Waals surface area contributed by atoms with Crippen LogP contribution in [0, 0.1) is 12.7 Å². The second-order valence-electron chi connectivity index (χ2n) is 10.6. The molecule has 7 N–H and O–H groups in total. The molecule has 238 valence electrons. The lowest BCUT2D eigenvalue weighted by molar-refractivity contribution is -0.170. The van der Waals surface area contributed by atoms with Crippen molar-refractivity contribution in [3.05, 3.63) is 52.1 Å². The largest absolute Gasteiger partial charge is 0.481 e. The highest BCUT2D eigenvalue weighted by atomic mass is 19.1. The summed E-state index contributed by atoms with van der Waals surface area (Å²) in [5.74, 6) is -5.70. The monoisotopic (exact) mass is 616 g/mol. The number of nitrogens with one attached hydrogen (secondary N) is 3. The topological polar surface area (TPSA) is 209 Å². The van der Waals surface area contributed by atoms with Gasteiger partial charge in [-0.1, -0.05) is 13.8 Å². The fourth-order valence-corrected chi connectivity index (χ4v) is 5.42. The number of aliphatic hydroxyl groups is 1. The molecule has 1 aromatic carbocycles. The van der Waals surface area contributed by atoms with Gasteiger partial charge in [0.15, 0.2) is 5.60 Å². The average molecular weight is 617 g/mol. The zero-order valence-electron chi connectivity index (χ0n) is 24.8. The number of allylic oxidation sites excluding steroid dienone is 1. The number of nitrogens with zero attached hydrogens (tertiary/aromatic N) is 1. The normalized spacial score (nSPS) is 15.5. The minimum Gasteiger partial charge on any atom is -0.481 e. The zero-order chi connectivity index (χ0) is 32.8. The lowest BCUT2D eigenvalue weighted by Crippen LogP contribution is -2.42. The maximum Gasteiger partial charge on any atom is 0.336 e. The van der Waals surface area contributed by atoms with Crippen LogP contribution in [0.5, 0.6) is 0 Å². The maximum absolute atomic E-state index is 13.9. The SMILES string of the molecule is CCN(CC)CCNC(=O)c1c(C)[nH]c2c1CCC/C2=C1/C(=O)Nc2ccc(F)cc21.O=C(O)CC(O)(CC(=O)O)C(=O)O. The summed E-state index contributed by atoms with van der Waals surface area (Å²) in [5.41, 5.74) is 3.08. The van der Waals surface area contributed by atoms with Crippen LogP contribution in [-0.4, -0.2) is 91.8 Å². The minimum atomic E-state index is -2.74. The Kier molecular flexibility index (Phi) is 11.0. The summed E-state index contributed by atoms with van der Waals surface area (Å²) < 4.78 is 13.9. The number of aryl methyl sites for hydroxylation is 1. The van der Waals surface area contributed by atoms with Gasteiger partial charge in [0.1, 0.15) is 5.82 Å². The summed E-state index contributed by atoms with van der Waals surface area (Å²) in [7, 11) is 0. The van der Waals surface area contributed by atoms with Crippen LogP contribution in [0.15, 0.2) is 18.2 Å². The zero-order valence-corrected chi connectivity index (χ0v) is 24.8. The van der Waals surface area contributed by atoms with E-state index in [2.05, 4.69) is 34.4 Å². The summed E-state index contributed by atoms with van der Waals surface area (Å²) >= 11 is 0. The van der Waals surface area contributed by atoms with Crippen LogP contribution in [0.1, 0.15) is 72.4 Å². The molecule has 4 rings (SSSR count). The molecule has 1 aliphatic heterocycles.